The first-order chi connectivity index (χ1) is 11.1. The summed E-state index contributed by atoms with van der Waals surface area (Å²) < 4.78 is 6.93. The Bertz CT molecular complexity index is 790. The van der Waals surface area contributed by atoms with Crippen molar-refractivity contribution in [2.24, 2.45) is 0 Å². The number of carbonyl (C=O) groups is 1. The van der Waals surface area contributed by atoms with E-state index in [0.717, 1.165) is 5.56 Å². The van der Waals surface area contributed by atoms with Gasteiger partial charge in [-0.3, -0.25) is 9.48 Å². The fourth-order valence-electron chi connectivity index (χ4n) is 2.24. The molecule has 0 amide bonds. The quantitative estimate of drug-likeness (QED) is 0.654. The molecule has 0 bridgehead atoms. The molecule has 0 spiro atoms. The monoisotopic (exact) mass is 310 g/mol. The standard InChI is InChI=1S/C17H18N4O2/c1-20(2)17-9-15(19-23-17)16(22)8-14-10-18-21(12-14)11-13-6-4-3-5-7-13/h3-7,9-10,12H,8,11H2,1-2H3. The van der Waals surface area contributed by atoms with Gasteiger partial charge >= 0.3 is 0 Å². The zero-order valence-electron chi connectivity index (χ0n) is 13.1. The average molecular weight is 310 g/mol. The van der Waals surface area contributed by atoms with E-state index in [2.05, 4.69) is 10.3 Å². The Morgan fingerprint density at radius 1 is 1.22 bits per heavy atom. The first-order valence-corrected chi connectivity index (χ1v) is 7.34. The van der Waals surface area contributed by atoms with Crippen molar-refractivity contribution in [1.29, 1.82) is 0 Å². The van der Waals surface area contributed by atoms with Crippen molar-refractivity contribution in [2.75, 3.05) is 19.0 Å². The molecule has 0 aliphatic carbocycles. The number of nitrogens with zero attached hydrogens (tertiary/aromatic N) is 4. The van der Waals surface area contributed by atoms with Gasteiger partial charge in [0.2, 0.25) is 5.88 Å². The van der Waals surface area contributed by atoms with Crippen molar-refractivity contribution in [3.05, 3.63) is 65.6 Å². The van der Waals surface area contributed by atoms with Gasteiger partial charge in [-0.25, -0.2) is 0 Å². The second-order valence-corrected chi connectivity index (χ2v) is 5.58. The molecule has 118 valence electrons. The lowest BCUT2D eigenvalue weighted by Gasteiger charge is -2.03. The van der Waals surface area contributed by atoms with Crippen LogP contribution in [0.15, 0.2) is 53.3 Å². The maximum Gasteiger partial charge on any atom is 0.227 e. The lowest BCUT2D eigenvalue weighted by Crippen LogP contribution is -2.07. The number of hydrogen-bond acceptors (Lipinski definition) is 5. The van der Waals surface area contributed by atoms with Crippen molar-refractivity contribution >= 4 is 11.7 Å². The van der Waals surface area contributed by atoms with E-state index in [9.17, 15) is 4.79 Å². The molecule has 23 heavy (non-hydrogen) atoms. The molecule has 3 rings (SSSR count). The van der Waals surface area contributed by atoms with Gasteiger partial charge < -0.3 is 9.42 Å². The second kappa shape index (κ2) is 6.48. The predicted octanol–water partition coefficient (Wildman–Crippen LogP) is 2.41. The van der Waals surface area contributed by atoms with Crippen LogP contribution >= 0.6 is 0 Å². The molecular formula is C17H18N4O2. The molecule has 3 aromatic rings. The SMILES string of the molecule is CN(C)c1cc(C(=O)Cc2cnn(Cc3ccccc3)c2)no1. The third-order valence-corrected chi connectivity index (χ3v) is 3.46. The van der Waals surface area contributed by atoms with Crippen LogP contribution in [0.3, 0.4) is 0 Å². The lowest BCUT2D eigenvalue weighted by molar-refractivity contribution is 0.0984. The molecule has 0 atom stereocenters. The average Bonchev–Trinajstić information content (AvgIpc) is 3.18. The van der Waals surface area contributed by atoms with Gasteiger partial charge in [-0.1, -0.05) is 35.5 Å². The normalized spacial score (nSPS) is 10.7. The van der Waals surface area contributed by atoms with Gasteiger partial charge in [-0.05, 0) is 11.1 Å². The van der Waals surface area contributed by atoms with E-state index in [4.69, 9.17) is 4.52 Å². The summed E-state index contributed by atoms with van der Waals surface area (Å²) in [6, 6.07) is 11.7. The van der Waals surface area contributed by atoms with Crippen LogP contribution < -0.4 is 4.90 Å². The molecule has 0 fully saturated rings. The Hall–Kier alpha value is -2.89. The highest BCUT2D eigenvalue weighted by Gasteiger charge is 2.15. The van der Waals surface area contributed by atoms with E-state index < -0.39 is 0 Å². The lowest BCUT2D eigenvalue weighted by atomic mass is 10.1. The number of Topliss-reactive ketones (excluding diaryl/α,β-unsaturated/α-hetero) is 1. The van der Waals surface area contributed by atoms with E-state index in [1.807, 2.05) is 55.3 Å². The van der Waals surface area contributed by atoms with Crippen LogP contribution in [-0.4, -0.2) is 34.8 Å². The summed E-state index contributed by atoms with van der Waals surface area (Å²) in [7, 11) is 3.67. The summed E-state index contributed by atoms with van der Waals surface area (Å²) in [6.45, 7) is 0.684. The van der Waals surface area contributed by atoms with Crippen molar-refractivity contribution in [2.45, 2.75) is 13.0 Å². The topological polar surface area (TPSA) is 64.2 Å². The number of rotatable bonds is 6. The number of benzene rings is 1. The van der Waals surface area contributed by atoms with Gasteiger partial charge in [0.15, 0.2) is 11.5 Å². The highest BCUT2D eigenvalue weighted by Crippen LogP contribution is 2.14. The van der Waals surface area contributed by atoms with E-state index in [0.29, 0.717) is 18.1 Å². The van der Waals surface area contributed by atoms with E-state index in [1.54, 1.807) is 17.2 Å². The van der Waals surface area contributed by atoms with Gasteiger partial charge in [-0.2, -0.15) is 5.10 Å². The van der Waals surface area contributed by atoms with Crippen LogP contribution in [0, 0.1) is 0 Å². The van der Waals surface area contributed by atoms with Gasteiger partial charge in [-0.15, -0.1) is 0 Å². The fourth-order valence-corrected chi connectivity index (χ4v) is 2.24. The summed E-state index contributed by atoms with van der Waals surface area (Å²) >= 11 is 0. The highest BCUT2D eigenvalue weighted by molar-refractivity contribution is 5.96. The van der Waals surface area contributed by atoms with Gasteiger partial charge in [0.25, 0.3) is 0 Å². The van der Waals surface area contributed by atoms with Crippen molar-refractivity contribution in [3.8, 4) is 0 Å². The third-order valence-electron chi connectivity index (χ3n) is 3.46. The molecule has 1 aromatic carbocycles. The van der Waals surface area contributed by atoms with Crippen molar-refractivity contribution in [3.63, 3.8) is 0 Å². The Labute approximate surface area is 134 Å². The summed E-state index contributed by atoms with van der Waals surface area (Å²) in [4.78, 5) is 14.0. The molecule has 2 heterocycles. The maximum atomic E-state index is 12.2. The first-order valence-electron chi connectivity index (χ1n) is 7.34. The minimum atomic E-state index is -0.0823. The zero-order valence-corrected chi connectivity index (χ0v) is 13.1. The largest absolute Gasteiger partial charge is 0.347 e. The Balaban J connectivity index is 1.65. The van der Waals surface area contributed by atoms with Crippen molar-refractivity contribution < 1.29 is 9.32 Å². The molecule has 0 saturated carbocycles. The number of aromatic nitrogens is 3. The molecule has 6 heteroatoms. The van der Waals surface area contributed by atoms with E-state index >= 15 is 0 Å². The molecule has 0 aliphatic heterocycles. The predicted molar refractivity (Wildman–Crippen MR) is 86.6 cm³/mol. The van der Waals surface area contributed by atoms with Crippen LogP contribution in [-0.2, 0) is 13.0 Å². The van der Waals surface area contributed by atoms with E-state index in [-0.39, 0.29) is 12.2 Å². The van der Waals surface area contributed by atoms with Gasteiger partial charge in [0.1, 0.15) is 0 Å². The number of carbonyl (C=O) groups excluding carboxylic acids is 1. The van der Waals surface area contributed by atoms with Crippen LogP contribution in [0.25, 0.3) is 0 Å². The van der Waals surface area contributed by atoms with E-state index in [1.165, 1.54) is 5.56 Å². The Morgan fingerprint density at radius 3 is 2.70 bits per heavy atom. The fraction of sp³-hybridized carbons (Fsp3) is 0.235. The zero-order chi connectivity index (χ0) is 16.2. The smallest absolute Gasteiger partial charge is 0.227 e. The van der Waals surface area contributed by atoms with Gasteiger partial charge in [0, 0.05) is 32.8 Å². The summed E-state index contributed by atoms with van der Waals surface area (Å²) in [6.07, 6.45) is 3.86. The second-order valence-electron chi connectivity index (χ2n) is 5.58. The third kappa shape index (κ3) is 3.66. The molecule has 0 unspecified atom stereocenters. The van der Waals surface area contributed by atoms with Crippen LogP contribution in [0.2, 0.25) is 0 Å². The number of hydrogen-bond donors (Lipinski definition) is 0. The highest BCUT2D eigenvalue weighted by atomic mass is 16.5. The van der Waals surface area contributed by atoms with Crippen molar-refractivity contribution in [1.82, 2.24) is 14.9 Å². The van der Waals surface area contributed by atoms with Gasteiger partial charge in [0.05, 0.1) is 12.7 Å². The minimum Gasteiger partial charge on any atom is -0.347 e. The molecule has 2 aromatic heterocycles. The summed E-state index contributed by atoms with van der Waals surface area (Å²) in [5.74, 6) is 0.481. The summed E-state index contributed by atoms with van der Waals surface area (Å²) in [5.41, 5.74) is 2.37. The molecule has 0 aliphatic rings. The van der Waals surface area contributed by atoms with Crippen LogP contribution in [0.1, 0.15) is 21.6 Å². The molecular weight excluding hydrogens is 292 g/mol. The molecule has 6 nitrogen and oxygen atoms in total. The Morgan fingerprint density at radius 2 is 2.00 bits per heavy atom. The molecule has 0 saturated heterocycles. The molecule has 0 radical (unpaired) electrons. The Kier molecular flexibility index (Phi) is 4.23. The minimum absolute atomic E-state index is 0.0823. The number of ketones is 1. The van der Waals surface area contributed by atoms with Crippen LogP contribution in [0.4, 0.5) is 5.88 Å². The summed E-state index contributed by atoms with van der Waals surface area (Å²) in [5, 5.41) is 8.12. The molecule has 0 N–H and O–H groups in total. The maximum absolute atomic E-state index is 12.2. The first kappa shape index (κ1) is 15.0. The number of anilines is 1. The van der Waals surface area contributed by atoms with Crippen LogP contribution in [0.5, 0.6) is 0 Å².